The average Bonchev–Trinajstić information content (AvgIpc) is 2.71. The van der Waals surface area contributed by atoms with Crippen molar-refractivity contribution >= 4 is 5.97 Å². The van der Waals surface area contributed by atoms with E-state index in [1.807, 2.05) is 0 Å². The minimum Gasteiger partial charge on any atom is -0.481 e. The van der Waals surface area contributed by atoms with Crippen molar-refractivity contribution in [2.75, 3.05) is 0 Å². The van der Waals surface area contributed by atoms with Crippen LogP contribution in [0.3, 0.4) is 0 Å². The molecule has 0 aromatic carbocycles. The van der Waals surface area contributed by atoms with Crippen LogP contribution in [-0.2, 0) is 4.79 Å². The molecule has 3 unspecified atom stereocenters. The number of fused-ring (bicyclic) bond motifs is 7. The molecule has 0 spiro atoms. The summed E-state index contributed by atoms with van der Waals surface area (Å²) in [5.74, 6) is 0.807. The first-order valence-electron chi connectivity index (χ1n) is 13.8. The van der Waals surface area contributed by atoms with E-state index in [4.69, 9.17) is 0 Å². The fourth-order valence-corrected chi connectivity index (χ4v) is 10.6. The molecule has 0 aliphatic heterocycles. The molecular weight excluding hydrogens is 408 g/mol. The van der Waals surface area contributed by atoms with Gasteiger partial charge in [-0.15, -0.1) is 0 Å². The summed E-state index contributed by atoms with van der Waals surface area (Å²) in [5.41, 5.74) is 1.68. The SMILES string of the molecule is CC1(C)CCC2(C(=O)O)CC[C@]3(C)C(=CC[C@@H]4[C@@]5(C)CCC(O)C(C)(C)[C@@H]5CC[C@]43C)C2C1. The second kappa shape index (κ2) is 6.89. The third-order valence-electron chi connectivity index (χ3n) is 13.0. The summed E-state index contributed by atoms with van der Waals surface area (Å²) >= 11 is 0. The van der Waals surface area contributed by atoms with Crippen molar-refractivity contribution in [1.82, 2.24) is 0 Å². The monoisotopic (exact) mass is 456 g/mol. The molecule has 4 fully saturated rings. The Morgan fingerprint density at radius 2 is 1.55 bits per heavy atom. The number of aliphatic hydroxyl groups excluding tert-OH is 1. The molecule has 5 aliphatic carbocycles. The second-order valence-corrected chi connectivity index (χ2v) is 15.1. The Morgan fingerprint density at radius 3 is 2.21 bits per heavy atom. The Balaban J connectivity index is 1.60. The van der Waals surface area contributed by atoms with E-state index in [2.05, 4.69) is 54.5 Å². The molecule has 4 saturated carbocycles. The first-order valence-corrected chi connectivity index (χ1v) is 13.8. The van der Waals surface area contributed by atoms with Gasteiger partial charge in [0, 0.05) is 0 Å². The fourth-order valence-electron chi connectivity index (χ4n) is 10.6. The maximum absolute atomic E-state index is 12.8. The van der Waals surface area contributed by atoms with E-state index in [0.29, 0.717) is 11.8 Å². The van der Waals surface area contributed by atoms with Crippen molar-refractivity contribution in [3.8, 4) is 0 Å². The van der Waals surface area contributed by atoms with Crippen LogP contribution < -0.4 is 0 Å². The zero-order valence-electron chi connectivity index (χ0n) is 22.3. The fraction of sp³-hybridized carbons (Fsp3) is 0.900. The molecule has 0 radical (unpaired) electrons. The molecule has 5 rings (SSSR count). The number of allylic oxidation sites excluding steroid dienone is 2. The normalized spacial score (nSPS) is 52.4. The van der Waals surface area contributed by atoms with E-state index >= 15 is 0 Å². The van der Waals surface area contributed by atoms with Gasteiger partial charge in [0.25, 0.3) is 0 Å². The number of carboxylic acids is 1. The van der Waals surface area contributed by atoms with Crippen molar-refractivity contribution in [3.05, 3.63) is 11.6 Å². The van der Waals surface area contributed by atoms with E-state index in [0.717, 1.165) is 51.4 Å². The van der Waals surface area contributed by atoms with Crippen LogP contribution in [0.1, 0.15) is 113 Å². The van der Waals surface area contributed by atoms with E-state index in [1.54, 1.807) is 0 Å². The van der Waals surface area contributed by atoms with Crippen LogP contribution in [0, 0.1) is 50.2 Å². The molecule has 0 amide bonds. The Morgan fingerprint density at radius 1 is 0.879 bits per heavy atom. The molecule has 0 bridgehead atoms. The largest absolute Gasteiger partial charge is 0.481 e. The predicted molar refractivity (Wildman–Crippen MR) is 133 cm³/mol. The van der Waals surface area contributed by atoms with Crippen molar-refractivity contribution in [2.45, 2.75) is 119 Å². The third-order valence-corrected chi connectivity index (χ3v) is 13.0. The maximum atomic E-state index is 12.8. The zero-order chi connectivity index (χ0) is 24.2. The summed E-state index contributed by atoms with van der Waals surface area (Å²) in [6.45, 7) is 16.9. The number of aliphatic carboxylic acids is 1. The third kappa shape index (κ3) is 2.87. The molecule has 0 aromatic heterocycles. The van der Waals surface area contributed by atoms with Gasteiger partial charge in [-0.25, -0.2) is 0 Å². The van der Waals surface area contributed by atoms with Crippen LogP contribution >= 0.6 is 0 Å². The van der Waals surface area contributed by atoms with Gasteiger partial charge in [0.15, 0.2) is 0 Å². The number of rotatable bonds is 1. The van der Waals surface area contributed by atoms with Crippen LogP contribution in [-0.4, -0.2) is 22.3 Å². The van der Waals surface area contributed by atoms with Crippen LogP contribution in [0.4, 0.5) is 0 Å². The van der Waals surface area contributed by atoms with Gasteiger partial charge in [-0.2, -0.15) is 0 Å². The molecule has 8 atom stereocenters. The number of aliphatic hydroxyl groups is 1. The molecule has 0 heterocycles. The Kier molecular flexibility index (Phi) is 4.99. The first-order chi connectivity index (χ1) is 15.1. The van der Waals surface area contributed by atoms with Gasteiger partial charge < -0.3 is 10.2 Å². The molecule has 2 N–H and O–H groups in total. The van der Waals surface area contributed by atoms with Crippen LogP contribution in [0.25, 0.3) is 0 Å². The van der Waals surface area contributed by atoms with Crippen LogP contribution in [0.15, 0.2) is 11.6 Å². The van der Waals surface area contributed by atoms with Crippen molar-refractivity contribution in [2.24, 2.45) is 50.2 Å². The summed E-state index contributed by atoms with van der Waals surface area (Å²) in [5, 5.41) is 21.4. The molecule has 0 aromatic rings. The van der Waals surface area contributed by atoms with Gasteiger partial charge >= 0.3 is 5.97 Å². The molecular formula is C30H48O3. The lowest BCUT2D eigenvalue weighted by Gasteiger charge is -2.71. The van der Waals surface area contributed by atoms with Gasteiger partial charge in [0.05, 0.1) is 11.5 Å². The summed E-state index contributed by atoms with van der Waals surface area (Å²) in [4.78, 5) is 12.8. The molecule has 33 heavy (non-hydrogen) atoms. The molecule has 3 nitrogen and oxygen atoms in total. The summed E-state index contributed by atoms with van der Waals surface area (Å²) in [6, 6.07) is 0. The first kappa shape index (κ1) is 23.9. The lowest BCUT2D eigenvalue weighted by molar-refractivity contribution is -0.205. The average molecular weight is 457 g/mol. The van der Waals surface area contributed by atoms with Gasteiger partial charge in [0.2, 0.25) is 0 Å². The minimum atomic E-state index is -0.553. The quantitative estimate of drug-likeness (QED) is 0.409. The van der Waals surface area contributed by atoms with Gasteiger partial charge in [-0.1, -0.05) is 60.1 Å². The van der Waals surface area contributed by atoms with Gasteiger partial charge in [-0.3, -0.25) is 4.79 Å². The highest BCUT2D eigenvalue weighted by atomic mass is 16.4. The highest BCUT2D eigenvalue weighted by Gasteiger charge is 2.69. The molecule has 186 valence electrons. The Bertz CT molecular complexity index is 885. The van der Waals surface area contributed by atoms with Gasteiger partial charge in [0.1, 0.15) is 0 Å². The minimum absolute atomic E-state index is 0.0301. The Hall–Kier alpha value is -0.830. The topological polar surface area (TPSA) is 57.5 Å². The van der Waals surface area contributed by atoms with Crippen LogP contribution in [0.5, 0.6) is 0 Å². The van der Waals surface area contributed by atoms with Crippen molar-refractivity contribution in [1.29, 1.82) is 0 Å². The molecule has 3 heteroatoms. The van der Waals surface area contributed by atoms with Crippen molar-refractivity contribution < 1.29 is 15.0 Å². The smallest absolute Gasteiger partial charge is 0.310 e. The lowest BCUT2D eigenvalue weighted by atomic mass is 9.33. The van der Waals surface area contributed by atoms with Gasteiger partial charge in [-0.05, 0) is 109 Å². The van der Waals surface area contributed by atoms with E-state index < -0.39 is 11.4 Å². The summed E-state index contributed by atoms with van der Waals surface area (Å²) < 4.78 is 0. The maximum Gasteiger partial charge on any atom is 0.310 e. The van der Waals surface area contributed by atoms with Crippen molar-refractivity contribution in [3.63, 3.8) is 0 Å². The molecule has 5 aliphatic rings. The lowest BCUT2D eigenvalue weighted by Crippen LogP contribution is -2.65. The number of carboxylic acid groups (broad SMARTS) is 1. The standard InChI is InChI=1S/C30H48O3/c1-25(2)14-16-30(24(32)33)17-15-28(6)19(20(30)18-25)8-9-22-27(5)12-11-23(31)26(3,4)21(27)10-13-29(22,28)7/h8,20-23,31H,9-18H2,1-7H3,(H,32,33)/t20?,21-,22+,23?,27-,28+,29+,30?/m0/s1. The van der Waals surface area contributed by atoms with Crippen LogP contribution in [0.2, 0.25) is 0 Å². The van der Waals surface area contributed by atoms with E-state index in [-0.39, 0.29) is 39.1 Å². The number of hydrogen-bond acceptors (Lipinski definition) is 2. The predicted octanol–water partition coefficient (Wildman–Crippen LogP) is 7.23. The van der Waals surface area contributed by atoms with E-state index in [1.165, 1.54) is 18.4 Å². The highest BCUT2D eigenvalue weighted by Crippen LogP contribution is 2.75. The highest BCUT2D eigenvalue weighted by molar-refractivity contribution is 5.76. The number of carbonyl (C=O) groups is 1. The Labute approximate surface area is 201 Å². The van der Waals surface area contributed by atoms with E-state index in [9.17, 15) is 15.0 Å². The zero-order valence-corrected chi connectivity index (χ0v) is 22.3. The second-order valence-electron chi connectivity index (χ2n) is 15.1. The summed E-state index contributed by atoms with van der Waals surface area (Å²) in [6.07, 6.45) is 12.6. The number of hydrogen-bond donors (Lipinski definition) is 2. The molecule has 0 saturated heterocycles. The summed E-state index contributed by atoms with van der Waals surface area (Å²) in [7, 11) is 0.